The molecule has 28 heavy (non-hydrogen) atoms. The van der Waals surface area contributed by atoms with Gasteiger partial charge in [-0.05, 0) is 55.3 Å². The van der Waals surface area contributed by atoms with E-state index in [1.54, 1.807) is 13.3 Å². The fraction of sp³-hybridized carbons (Fsp3) is 0.238. The van der Waals surface area contributed by atoms with Gasteiger partial charge in [-0.2, -0.15) is 5.10 Å². The van der Waals surface area contributed by atoms with E-state index in [4.69, 9.17) is 14.2 Å². The molecule has 2 aromatic carbocycles. The predicted octanol–water partition coefficient (Wildman–Crippen LogP) is 4.88. The molecule has 7 heteroatoms. The molecule has 0 saturated heterocycles. The van der Waals surface area contributed by atoms with Crippen LogP contribution in [0.4, 0.5) is 5.13 Å². The van der Waals surface area contributed by atoms with Crippen molar-refractivity contribution in [3.63, 3.8) is 0 Å². The lowest BCUT2D eigenvalue weighted by Crippen LogP contribution is -2.01. The Bertz CT molecular complexity index is 940. The summed E-state index contributed by atoms with van der Waals surface area (Å²) in [4.78, 5) is 4.31. The minimum atomic E-state index is 0.426. The van der Waals surface area contributed by atoms with E-state index in [0.717, 1.165) is 27.7 Å². The first-order valence-corrected chi connectivity index (χ1v) is 9.79. The summed E-state index contributed by atoms with van der Waals surface area (Å²) in [6.45, 7) is 4.87. The Morgan fingerprint density at radius 1 is 1.14 bits per heavy atom. The molecule has 6 nitrogen and oxygen atoms in total. The summed E-state index contributed by atoms with van der Waals surface area (Å²) in [7, 11) is 1.65. The maximum absolute atomic E-state index is 5.96. The number of ether oxygens (including phenoxy) is 3. The molecule has 0 amide bonds. The number of rotatable bonds is 9. The van der Waals surface area contributed by atoms with Gasteiger partial charge in [-0.1, -0.05) is 12.1 Å². The average Bonchev–Trinajstić information content (AvgIpc) is 3.13. The number of nitrogens with zero attached hydrogens (tertiary/aromatic N) is 2. The number of aryl methyl sites for hydroxylation is 1. The summed E-state index contributed by atoms with van der Waals surface area (Å²) in [5, 5.41) is 6.96. The van der Waals surface area contributed by atoms with Gasteiger partial charge in [0, 0.05) is 5.38 Å². The van der Waals surface area contributed by atoms with Crippen molar-refractivity contribution in [3.8, 4) is 17.2 Å². The van der Waals surface area contributed by atoms with Crippen LogP contribution in [0.2, 0.25) is 0 Å². The van der Waals surface area contributed by atoms with E-state index in [1.807, 2.05) is 61.7 Å². The first kappa shape index (κ1) is 19.7. The molecule has 146 valence electrons. The molecule has 3 rings (SSSR count). The van der Waals surface area contributed by atoms with Crippen LogP contribution in [0.1, 0.15) is 23.7 Å². The standard InChI is InChI=1S/C21H23N3O3S/c1-4-26-20-11-16(12-22-24-21-23-15(2)14-28-21)8-9-19(20)27-13-17-6-5-7-18(10-17)25-3/h5-12,14H,4,13H2,1-3H3,(H,23,24). The van der Waals surface area contributed by atoms with Crippen LogP contribution >= 0.6 is 11.3 Å². The Labute approximate surface area is 168 Å². The second kappa shape index (κ2) is 9.75. The number of thiazole rings is 1. The second-order valence-electron chi connectivity index (χ2n) is 5.94. The highest BCUT2D eigenvalue weighted by Gasteiger charge is 2.07. The van der Waals surface area contributed by atoms with Gasteiger partial charge < -0.3 is 14.2 Å². The molecule has 0 aliphatic rings. The Kier molecular flexibility index (Phi) is 6.86. The van der Waals surface area contributed by atoms with Crippen LogP contribution in [0.3, 0.4) is 0 Å². The molecular weight excluding hydrogens is 374 g/mol. The highest BCUT2D eigenvalue weighted by molar-refractivity contribution is 7.13. The predicted molar refractivity (Wildman–Crippen MR) is 113 cm³/mol. The normalized spacial score (nSPS) is 10.8. The van der Waals surface area contributed by atoms with Gasteiger partial charge in [0.25, 0.3) is 0 Å². The number of hydrogen-bond donors (Lipinski definition) is 1. The van der Waals surface area contributed by atoms with Crippen molar-refractivity contribution in [2.75, 3.05) is 19.1 Å². The van der Waals surface area contributed by atoms with Gasteiger partial charge in [-0.3, -0.25) is 5.43 Å². The molecule has 1 heterocycles. The number of benzene rings is 2. The SMILES string of the molecule is CCOc1cc(C=NNc2nc(C)cs2)ccc1OCc1cccc(OC)c1. The smallest absolute Gasteiger partial charge is 0.203 e. The fourth-order valence-electron chi connectivity index (χ4n) is 2.48. The molecule has 1 aromatic heterocycles. The van der Waals surface area contributed by atoms with Gasteiger partial charge in [-0.15, -0.1) is 11.3 Å². The molecule has 0 fully saturated rings. The Morgan fingerprint density at radius 3 is 2.79 bits per heavy atom. The highest BCUT2D eigenvalue weighted by Crippen LogP contribution is 2.29. The molecule has 1 N–H and O–H groups in total. The van der Waals surface area contributed by atoms with Gasteiger partial charge >= 0.3 is 0 Å². The third kappa shape index (κ3) is 5.47. The molecule has 0 spiro atoms. The van der Waals surface area contributed by atoms with Crippen molar-refractivity contribution in [3.05, 3.63) is 64.7 Å². The van der Waals surface area contributed by atoms with Crippen molar-refractivity contribution in [2.24, 2.45) is 5.10 Å². The molecule has 0 aliphatic carbocycles. The van der Waals surface area contributed by atoms with Gasteiger partial charge in [0.2, 0.25) is 5.13 Å². The summed E-state index contributed by atoms with van der Waals surface area (Å²) in [5.41, 5.74) is 5.83. The number of methoxy groups -OCH3 is 1. The average molecular weight is 398 g/mol. The summed E-state index contributed by atoms with van der Waals surface area (Å²) in [6, 6.07) is 13.5. The van der Waals surface area contributed by atoms with E-state index in [9.17, 15) is 0 Å². The summed E-state index contributed by atoms with van der Waals surface area (Å²) >= 11 is 1.52. The second-order valence-corrected chi connectivity index (χ2v) is 6.80. The number of nitrogens with one attached hydrogen (secondary N) is 1. The Morgan fingerprint density at radius 2 is 2.04 bits per heavy atom. The van der Waals surface area contributed by atoms with E-state index < -0.39 is 0 Å². The number of hydrazone groups is 1. The van der Waals surface area contributed by atoms with Gasteiger partial charge in [-0.25, -0.2) is 4.98 Å². The van der Waals surface area contributed by atoms with Crippen molar-refractivity contribution in [1.29, 1.82) is 0 Å². The lowest BCUT2D eigenvalue weighted by Gasteiger charge is -2.13. The molecule has 0 atom stereocenters. The van der Waals surface area contributed by atoms with Crippen LogP contribution in [-0.2, 0) is 6.61 Å². The van der Waals surface area contributed by atoms with Crippen LogP contribution < -0.4 is 19.6 Å². The zero-order valence-electron chi connectivity index (χ0n) is 16.1. The monoisotopic (exact) mass is 397 g/mol. The Balaban J connectivity index is 1.67. The zero-order chi connectivity index (χ0) is 19.8. The number of anilines is 1. The minimum absolute atomic E-state index is 0.426. The van der Waals surface area contributed by atoms with Crippen molar-refractivity contribution < 1.29 is 14.2 Å². The van der Waals surface area contributed by atoms with Crippen LogP contribution in [-0.4, -0.2) is 24.9 Å². The molecule has 0 aliphatic heterocycles. The zero-order valence-corrected chi connectivity index (χ0v) is 17.0. The molecule has 0 radical (unpaired) electrons. The maximum Gasteiger partial charge on any atom is 0.203 e. The fourth-order valence-corrected chi connectivity index (χ4v) is 3.12. The van der Waals surface area contributed by atoms with E-state index in [0.29, 0.717) is 24.7 Å². The topological polar surface area (TPSA) is 65.0 Å². The third-order valence-corrected chi connectivity index (χ3v) is 4.65. The summed E-state index contributed by atoms with van der Waals surface area (Å²) < 4.78 is 16.9. The molecule has 3 aromatic rings. The molecule has 0 bridgehead atoms. The van der Waals surface area contributed by atoms with Crippen LogP contribution in [0.5, 0.6) is 17.2 Å². The van der Waals surface area contributed by atoms with Crippen molar-refractivity contribution in [1.82, 2.24) is 4.98 Å². The Hall–Kier alpha value is -3.06. The summed E-state index contributed by atoms with van der Waals surface area (Å²) in [6.07, 6.45) is 1.73. The minimum Gasteiger partial charge on any atom is -0.497 e. The molecule has 0 saturated carbocycles. The van der Waals surface area contributed by atoms with Crippen molar-refractivity contribution in [2.45, 2.75) is 20.5 Å². The van der Waals surface area contributed by atoms with Crippen LogP contribution in [0.25, 0.3) is 0 Å². The lowest BCUT2D eigenvalue weighted by atomic mass is 10.2. The molecular formula is C21H23N3O3S. The number of hydrogen-bond acceptors (Lipinski definition) is 7. The van der Waals surface area contributed by atoms with E-state index in [1.165, 1.54) is 11.3 Å². The van der Waals surface area contributed by atoms with Gasteiger partial charge in [0.1, 0.15) is 12.4 Å². The lowest BCUT2D eigenvalue weighted by molar-refractivity contribution is 0.269. The van der Waals surface area contributed by atoms with Crippen molar-refractivity contribution >= 4 is 22.7 Å². The first-order chi connectivity index (χ1) is 13.7. The van der Waals surface area contributed by atoms with E-state index in [-0.39, 0.29) is 0 Å². The quantitative estimate of drug-likeness (QED) is 0.412. The largest absolute Gasteiger partial charge is 0.497 e. The first-order valence-electron chi connectivity index (χ1n) is 8.91. The van der Waals surface area contributed by atoms with E-state index >= 15 is 0 Å². The molecule has 0 unspecified atom stereocenters. The third-order valence-electron chi connectivity index (χ3n) is 3.79. The van der Waals surface area contributed by atoms with E-state index in [2.05, 4.69) is 15.5 Å². The number of aromatic nitrogens is 1. The maximum atomic E-state index is 5.96. The van der Waals surface area contributed by atoms with Gasteiger partial charge in [0.05, 0.1) is 25.6 Å². The summed E-state index contributed by atoms with van der Waals surface area (Å²) in [5.74, 6) is 2.17. The van der Waals surface area contributed by atoms with Crippen LogP contribution in [0, 0.1) is 6.92 Å². The van der Waals surface area contributed by atoms with Gasteiger partial charge in [0.15, 0.2) is 11.5 Å². The highest BCUT2D eigenvalue weighted by atomic mass is 32.1. The van der Waals surface area contributed by atoms with Crippen LogP contribution in [0.15, 0.2) is 52.9 Å².